The number of hydrogen-bond acceptors (Lipinski definition) is 2. The van der Waals surface area contributed by atoms with E-state index >= 15 is 0 Å². The Morgan fingerprint density at radius 1 is 0.393 bits per heavy atom. The van der Waals surface area contributed by atoms with Crippen molar-refractivity contribution in [1.29, 1.82) is 0 Å². The van der Waals surface area contributed by atoms with Crippen molar-refractivity contribution in [2.24, 2.45) is 0 Å². The topological polar surface area (TPSA) is 0 Å². The van der Waals surface area contributed by atoms with Gasteiger partial charge in [0.2, 0.25) is 0 Å². The van der Waals surface area contributed by atoms with E-state index in [1.165, 1.54) is 32.0 Å². The van der Waals surface area contributed by atoms with Crippen molar-refractivity contribution in [2.45, 2.75) is 9.79 Å². The molecule has 0 nitrogen and oxygen atoms in total. The Balaban J connectivity index is 1.66. The molecule has 0 bridgehead atoms. The lowest BCUT2D eigenvalue weighted by Crippen LogP contribution is -1.84. The summed E-state index contributed by atoms with van der Waals surface area (Å²) in [5.41, 5.74) is 4.91. The first kappa shape index (κ1) is 19.8. The Morgan fingerprint density at radius 3 is 1.11 bits per heavy atom. The third-order valence-electron chi connectivity index (χ3n) is 4.32. The van der Waals surface area contributed by atoms with Crippen LogP contribution in [0.1, 0.15) is 0 Å². The molecule has 0 aliphatic heterocycles. The van der Waals surface area contributed by atoms with Gasteiger partial charge < -0.3 is 0 Å². The Morgan fingerprint density at radius 2 is 0.714 bits per heavy atom. The van der Waals surface area contributed by atoms with Gasteiger partial charge in [-0.25, -0.2) is 0 Å². The van der Waals surface area contributed by atoms with E-state index in [0.29, 0.717) is 0 Å². The van der Waals surface area contributed by atoms with Crippen LogP contribution >= 0.6 is 53.4 Å². The second-order valence-corrected chi connectivity index (χ2v) is 10.0. The predicted molar refractivity (Wildman–Crippen MR) is 131 cm³/mol. The van der Waals surface area contributed by atoms with Gasteiger partial charge in [-0.15, -0.1) is 0 Å². The fraction of sp³-hybridized carbons (Fsp3) is 0. The zero-order valence-electron chi connectivity index (χ0n) is 14.8. The van der Waals surface area contributed by atoms with Gasteiger partial charge in [0.25, 0.3) is 0 Å². The van der Waals surface area contributed by atoms with Crippen LogP contribution in [0.15, 0.2) is 116 Å². The van der Waals surface area contributed by atoms with E-state index in [2.05, 4.69) is 117 Å². The smallest absolute Gasteiger partial charge is 0.0265 e. The highest BCUT2D eigenvalue weighted by Gasteiger charge is 2.12. The molecule has 0 aromatic heterocycles. The van der Waals surface area contributed by atoms with Gasteiger partial charge in [0, 0.05) is 18.7 Å². The molecule has 28 heavy (non-hydrogen) atoms. The molecule has 4 rings (SSSR count). The molecule has 0 saturated carbocycles. The van der Waals surface area contributed by atoms with Crippen molar-refractivity contribution in [2.75, 3.05) is 0 Å². The van der Waals surface area contributed by atoms with Crippen LogP contribution in [0, 0.1) is 0 Å². The second-order valence-electron chi connectivity index (χ2n) is 6.12. The first-order valence-corrected chi connectivity index (χ1v) is 12.5. The van der Waals surface area contributed by atoms with E-state index in [4.69, 9.17) is 0 Å². The summed E-state index contributed by atoms with van der Waals surface area (Å²) in [5.74, 6) is 0. The quantitative estimate of drug-likeness (QED) is 0.237. The molecule has 0 amide bonds. The van der Waals surface area contributed by atoms with Crippen LogP contribution in [0.3, 0.4) is 0 Å². The molecule has 0 unspecified atom stereocenters. The minimum Gasteiger partial charge on any atom is -0.0616 e. The molecule has 0 aliphatic rings. The SMILES string of the molecule is Brc1ccccc1-c1ccccc1SSc1ccccc1-c1ccccc1Br. The number of hydrogen-bond donors (Lipinski definition) is 0. The first-order chi connectivity index (χ1) is 13.7. The van der Waals surface area contributed by atoms with Gasteiger partial charge in [-0.3, -0.25) is 0 Å². The largest absolute Gasteiger partial charge is 0.0616 e. The van der Waals surface area contributed by atoms with Crippen molar-refractivity contribution in [3.8, 4) is 22.3 Å². The summed E-state index contributed by atoms with van der Waals surface area (Å²) in [6.07, 6.45) is 0. The van der Waals surface area contributed by atoms with Gasteiger partial charge in [0.15, 0.2) is 0 Å². The third kappa shape index (κ3) is 4.41. The third-order valence-corrected chi connectivity index (χ3v) is 8.19. The summed E-state index contributed by atoms with van der Waals surface area (Å²) < 4.78 is 2.23. The van der Waals surface area contributed by atoms with E-state index in [0.717, 1.165) is 8.95 Å². The summed E-state index contributed by atoms with van der Waals surface area (Å²) in [5, 5.41) is 0. The zero-order valence-corrected chi connectivity index (χ0v) is 19.6. The highest BCUT2D eigenvalue weighted by atomic mass is 79.9. The Bertz CT molecular complexity index is 1020. The molecule has 0 N–H and O–H groups in total. The Labute approximate surface area is 190 Å². The molecule has 4 aromatic rings. The van der Waals surface area contributed by atoms with Crippen LogP contribution in [-0.4, -0.2) is 0 Å². The van der Waals surface area contributed by atoms with Gasteiger partial charge in [-0.2, -0.15) is 0 Å². The molecule has 0 saturated heterocycles. The second kappa shape index (κ2) is 9.36. The van der Waals surface area contributed by atoms with Crippen LogP contribution in [0.5, 0.6) is 0 Å². The normalized spacial score (nSPS) is 10.8. The van der Waals surface area contributed by atoms with Crippen molar-refractivity contribution < 1.29 is 0 Å². The molecule has 4 aromatic carbocycles. The average molecular weight is 528 g/mol. The van der Waals surface area contributed by atoms with E-state index in [-0.39, 0.29) is 0 Å². The van der Waals surface area contributed by atoms with E-state index in [1.54, 1.807) is 21.6 Å². The predicted octanol–water partition coefficient (Wildman–Crippen LogP) is 9.34. The maximum Gasteiger partial charge on any atom is 0.0265 e. The summed E-state index contributed by atoms with van der Waals surface area (Å²) in [6, 6.07) is 33.9. The molecular weight excluding hydrogens is 512 g/mol. The van der Waals surface area contributed by atoms with Crippen molar-refractivity contribution in [1.82, 2.24) is 0 Å². The van der Waals surface area contributed by atoms with Crippen molar-refractivity contribution >= 4 is 53.4 Å². The lowest BCUT2D eigenvalue weighted by atomic mass is 10.1. The lowest BCUT2D eigenvalue weighted by molar-refractivity contribution is 1.43. The summed E-state index contributed by atoms with van der Waals surface area (Å²) in [6.45, 7) is 0. The lowest BCUT2D eigenvalue weighted by Gasteiger charge is -2.13. The average Bonchev–Trinajstić information content (AvgIpc) is 2.74. The minimum absolute atomic E-state index is 1.11. The fourth-order valence-corrected chi connectivity index (χ4v) is 6.36. The van der Waals surface area contributed by atoms with Gasteiger partial charge in [0.05, 0.1) is 0 Å². The van der Waals surface area contributed by atoms with Crippen molar-refractivity contribution in [3.63, 3.8) is 0 Å². The molecule has 0 fully saturated rings. The van der Waals surface area contributed by atoms with Crippen LogP contribution in [0.4, 0.5) is 0 Å². The van der Waals surface area contributed by atoms with E-state index in [9.17, 15) is 0 Å². The summed E-state index contributed by atoms with van der Waals surface area (Å²) >= 11 is 7.38. The molecule has 0 spiro atoms. The number of halogens is 2. The molecular formula is C24H16Br2S2. The molecule has 0 atom stereocenters. The van der Waals surface area contributed by atoms with Crippen LogP contribution in [0.25, 0.3) is 22.3 Å². The number of rotatable bonds is 5. The standard InChI is InChI=1S/C24H16Br2S2/c25-21-13-5-1-9-17(21)19-11-3-7-15-23(19)27-28-24-16-8-4-12-20(24)18-10-2-6-14-22(18)26/h1-16H. The van der Waals surface area contributed by atoms with E-state index in [1.807, 2.05) is 12.1 Å². The van der Waals surface area contributed by atoms with Gasteiger partial charge in [0.1, 0.15) is 0 Å². The zero-order chi connectivity index (χ0) is 19.3. The van der Waals surface area contributed by atoms with Crippen LogP contribution in [-0.2, 0) is 0 Å². The maximum absolute atomic E-state index is 3.69. The first-order valence-electron chi connectivity index (χ1n) is 8.76. The molecule has 0 aliphatic carbocycles. The van der Waals surface area contributed by atoms with Crippen LogP contribution < -0.4 is 0 Å². The Hall–Kier alpha value is -1.46. The molecule has 0 radical (unpaired) electrons. The molecule has 138 valence electrons. The minimum atomic E-state index is 1.11. The van der Waals surface area contributed by atoms with Gasteiger partial charge in [-0.1, -0.05) is 126 Å². The van der Waals surface area contributed by atoms with E-state index < -0.39 is 0 Å². The molecule has 0 heterocycles. The highest BCUT2D eigenvalue weighted by Crippen LogP contribution is 2.46. The van der Waals surface area contributed by atoms with Crippen LogP contribution in [0.2, 0.25) is 0 Å². The highest BCUT2D eigenvalue weighted by molar-refractivity contribution is 9.11. The number of benzene rings is 4. The summed E-state index contributed by atoms with van der Waals surface area (Å²) in [4.78, 5) is 2.50. The van der Waals surface area contributed by atoms with Gasteiger partial charge >= 0.3 is 0 Å². The summed E-state index contributed by atoms with van der Waals surface area (Å²) in [7, 11) is 3.60. The maximum atomic E-state index is 3.69. The molecule has 4 heteroatoms. The van der Waals surface area contributed by atoms with Crippen molar-refractivity contribution in [3.05, 3.63) is 106 Å². The van der Waals surface area contributed by atoms with Gasteiger partial charge in [-0.05, 0) is 46.5 Å². The monoisotopic (exact) mass is 526 g/mol. The fourth-order valence-electron chi connectivity index (χ4n) is 2.97. The Kier molecular flexibility index (Phi) is 6.63.